The fourth-order valence-electron chi connectivity index (χ4n) is 2.82. The van der Waals surface area contributed by atoms with Crippen molar-refractivity contribution in [2.24, 2.45) is 0 Å². The molecule has 0 radical (unpaired) electrons. The smallest absolute Gasteiger partial charge is 0.343 e. The highest BCUT2D eigenvalue weighted by atomic mass is 16.5. The Bertz CT molecular complexity index is 1090. The van der Waals surface area contributed by atoms with E-state index in [4.69, 9.17) is 23.4 Å². The average molecular weight is 392 g/mol. The van der Waals surface area contributed by atoms with Gasteiger partial charge in [0.05, 0.1) is 31.6 Å². The van der Waals surface area contributed by atoms with Gasteiger partial charge >= 0.3 is 5.97 Å². The predicted molar refractivity (Wildman–Crippen MR) is 103 cm³/mol. The van der Waals surface area contributed by atoms with Gasteiger partial charge in [-0.2, -0.15) is 0 Å². The van der Waals surface area contributed by atoms with E-state index in [1.807, 2.05) is 0 Å². The largest absolute Gasteiger partial charge is 0.497 e. The lowest BCUT2D eigenvalue weighted by Crippen LogP contribution is -2.09. The van der Waals surface area contributed by atoms with Gasteiger partial charge in [0, 0.05) is 18.2 Å². The summed E-state index contributed by atoms with van der Waals surface area (Å²) in [5, 5.41) is 0. The number of allylic oxidation sites excluding steroid dienone is 1. The Balaban J connectivity index is 1.56. The van der Waals surface area contributed by atoms with Gasteiger partial charge < -0.3 is 23.4 Å². The maximum absolute atomic E-state index is 12.5. The number of ether oxygens (including phenoxy) is 4. The van der Waals surface area contributed by atoms with Crippen LogP contribution in [0.1, 0.15) is 26.5 Å². The van der Waals surface area contributed by atoms with E-state index in [1.165, 1.54) is 38.7 Å². The standard InChI is InChI=1S/C22H16O7/c1-25-16-8-13(9-17(10-16)26-2)22(24)28-15-5-6-18-19(12-15)29-20(21(18)23)11-14-4-3-7-27-14/h3-12H,1-2H3/b20-11-. The molecule has 0 fully saturated rings. The summed E-state index contributed by atoms with van der Waals surface area (Å²) in [6, 6.07) is 12.7. The number of furan rings is 1. The highest BCUT2D eigenvalue weighted by Crippen LogP contribution is 2.35. The molecule has 2 heterocycles. The summed E-state index contributed by atoms with van der Waals surface area (Å²) in [7, 11) is 2.99. The zero-order valence-corrected chi connectivity index (χ0v) is 15.6. The van der Waals surface area contributed by atoms with Gasteiger partial charge in [0.1, 0.15) is 28.8 Å². The second kappa shape index (κ2) is 7.55. The van der Waals surface area contributed by atoms with E-state index in [9.17, 15) is 9.59 Å². The lowest BCUT2D eigenvalue weighted by atomic mass is 10.1. The second-order valence-electron chi connectivity index (χ2n) is 6.10. The number of rotatable bonds is 5. The summed E-state index contributed by atoms with van der Waals surface area (Å²) in [4.78, 5) is 25.0. The normalized spacial score (nSPS) is 13.7. The Labute approximate surface area is 166 Å². The Hall–Kier alpha value is -4.00. The van der Waals surface area contributed by atoms with Crippen LogP contribution in [0, 0.1) is 0 Å². The van der Waals surface area contributed by atoms with Gasteiger partial charge in [-0.3, -0.25) is 4.79 Å². The van der Waals surface area contributed by atoms with Crippen LogP contribution >= 0.6 is 0 Å². The van der Waals surface area contributed by atoms with Crippen LogP contribution in [0.25, 0.3) is 6.08 Å². The minimum atomic E-state index is -0.599. The number of benzene rings is 2. The van der Waals surface area contributed by atoms with E-state index in [-0.39, 0.29) is 22.9 Å². The van der Waals surface area contributed by atoms with E-state index in [2.05, 4.69) is 0 Å². The molecule has 146 valence electrons. The van der Waals surface area contributed by atoms with Crippen molar-refractivity contribution in [3.63, 3.8) is 0 Å². The first-order valence-electron chi connectivity index (χ1n) is 8.64. The van der Waals surface area contributed by atoms with E-state index >= 15 is 0 Å². The summed E-state index contributed by atoms with van der Waals surface area (Å²) in [5.41, 5.74) is 0.641. The van der Waals surface area contributed by atoms with Crippen molar-refractivity contribution in [2.75, 3.05) is 14.2 Å². The monoisotopic (exact) mass is 392 g/mol. The highest BCUT2D eigenvalue weighted by Gasteiger charge is 2.28. The molecule has 4 rings (SSSR count). The predicted octanol–water partition coefficient (Wildman–Crippen LogP) is 4.13. The van der Waals surface area contributed by atoms with Crippen LogP contribution in [0.3, 0.4) is 0 Å². The molecule has 7 nitrogen and oxygen atoms in total. The van der Waals surface area contributed by atoms with Gasteiger partial charge in [0.2, 0.25) is 5.78 Å². The molecule has 7 heteroatoms. The summed E-state index contributed by atoms with van der Waals surface area (Å²) in [6.07, 6.45) is 3.01. The zero-order chi connectivity index (χ0) is 20.4. The molecule has 0 saturated carbocycles. The third kappa shape index (κ3) is 3.70. The maximum Gasteiger partial charge on any atom is 0.343 e. The number of Topliss-reactive ketones (excluding diaryl/α,β-unsaturated/α-hetero) is 1. The number of fused-ring (bicyclic) bond motifs is 1. The van der Waals surface area contributed by atoms with E-state index in [1.54, 1.807) is 36.4 Å². The minimum Gasteiger partial charge on any atom is -0.497 e. The first-order chi connectivity index (χ1) is 14.1. The van der Waals surface area contributed by atoms with Gasteiger partial charge in [-0.15, -0.1) is 0 Å². The van der Waals surface area contributed by atoms with Crippen LogP contribution in [0.2, 0.25) is 0 Å². The SMILES string of the molecule is COc1cc(OC)cc(C(=O)Oc2ccc3c(c2)O/C(=C\c2ccco2)C3=O)c1. The van der Waals surface area contributed by atoms with Gasteiger partial charge in [-0.1, -0.05) is 0 Å². The van der Waals surface area contributed by atoms with Crippen LogP contribution in [-0.4, -0.2) is 26.0 Å². The van der Waals surface area contributed by atoms with Crippen molar-refractivity contribution >= 4 is 17.8 Å². The lowest BCUT2D eigenvalue weighted by molar-refractivity contribution is 0.0733. The number of hydrogen-bond acceptors (Lipinski definition) is 7. The van der Waals surface area contributed by atoms with Crippen LogP contribution in [0.4, 0.5) is 0 Å². The van der Waals surface area contributed by atoms with Crippen molar-refractivity contribution in [3.8, 4) is 23.0 Å². The van der Waals surface area contributed by atoms with E-state index in [0.29, 0.717) is 28.6 Å². The van der Waals surface area contributed by atoms with Gasteiger partial charge in [0.25, 0.3) is 0 Å². The molecule has 2 aromatic carbocycles. The molecule has 0 spiro atoms. The van der Waals surface area contributed by atoms with Crippen LogP contribution in [0.15, 0.2) is 65.0 Å². The first kappa shape index (κ1) is 18.4. The number of methoxy groups -OCH3 is 2. The molecule has 1 aliphatic heterocycles. The Morgan fingerprint density at radius 2 is 1.72 bits per heavy atom. The number of ketones is 1. The second-order valence-corrected chi connectivity index (χ2v) is 6.10. The van der Waals surface area contributed by atoms with Crippen LogP contribution in [-0.2, 0) is 0 Å². The number of carbonyl (C=O) groups excluding carboxylic acids is 2. The first-order valence-corrected chi connectivity index (χ1v) is 8.64. The number of carbonyl (C=O) groups is 2. The summed E-state index contributed by atoms with van der Waals surface area (Å²) in [5.74, 6) is 1.24. The molecule has 0 saturated heterocycles. The summed E-state index contributed by atoms with van der Waals surface area (Å²) < 4.78 is 26.6. The highest BCUT2D eigenvalue weighted by molar-refractivity contribution is 6.14. The Morgan fingerprint density at radius 1 is 0.966 bits per heavy atom. The number of hydrogen-bond donors (Lipinski definition) is 0. The lowest BCUT2D eigenvalue weighted by Gasteiger charge is -2.09. The topological polar surface area (TPSA) is 84.2 Å². The molecule has 29 heavy (non-hydrogen) atoms. The number of esters is 1. The van der Waals surface area contributed by atoms with Gasteiger partial charge in [-0.25, -0.2) is 4.79 Å². The maximum atomic E-state index is 12.5. The fraction of sp³-hybridized carbons (Fsp3) is 0.0909. The van der Waals surface area contributed by atoms with Crippen molar-refractivity contribution in [3.05, 3.63) is 77.4 Å². The van der Waals surface area contributed by atoms with E-state index in [0.717, 1.165) is 0 Å². The van der Waals surface area contributed by atoms with Crippen LogP contribution in [0.5, 0.6) is 23.0 Å². The molecule has 1 aliphatic rings. The molecule has 3 aromatic rings. The van der Waals surface area contributed by atoms with Crippen molar-refractivity contribution in [1.29, 1.82) is 0 Å². The fourth-order valence-corrected chi connectivity index (χ4v) is 2.82. The molecular weight excluding hydrogens is 376 g/mol. The minimum absolute atomic E-state index is 0.135. The third-order valence-electron chi connectivity index (χ3n) is 4.26. The summed E-state index contributed by atoms with van der Waals surface area (Å²) >= 11 is 0. The summed E-state index contributed by atoms with van der Waals surface area (Å²) in [6.45, 7) is 0. The Morgan fingerprint density at radius 3 is 2.38 bits per heavy atom. The van der Waals surface area contributed by atoms with Gasteiger partial charge in [0.15, 0.2) is 5.76 Å². The van der Waals surface area contributed by atoms with Crippen LogP contribution < -0.4 is 18.9 Å². The Kier molecular flexibility index (Phi) is 4.78. The average Bonchev–Trinajstić information content (AvgIpc) is 3.35. The molecule has 0 amide bonds. The molecule has 0 atom stereocenters. The molecular formula is C22H16O7. The van der Waals surface area contributed by atoms with E-state index < -0.39 is 5.97 Å². The molecule has 0 N–H and O–H groups in total. The molecule has 0 aliphatic carbocycles. The van der Waals surface area contributed by atoms with Gasteiger partial charge in [-0.05, 0) is 36.4 Å². The molecule has 0 unspecified atom stereocenters. The molecule has 1 aromatic heterocycles. The molecule has 0 bridgehead atoms. The van der Waals surface area contributed by atoms with Crippen molar-refractivity contribution < 1.29 is 33.0 Å². The van der Waals surface area contributed by atoms with Crippen molar-refractivity contribution in [1.82, 2.24) is 0 Å². The van der Waals surface area contributed by atoms with Crippen molar-refractivity contribution in [2.45, 2.75) is 0 Å². The third-order valence-corrected chi connectivity index (χ3v) is 4.26. The zero-order valence-electron chi connectivity index (χ0n) is 15.6. The quantitative estimate of drug-likeness (QED) is 0.367.